The van der Waals surface area contributed by atoms with E-state index in [2.05, 4.69) is 12.2 Å². The van der Waals surface area contributed by atoms with Crippen molar-refractivity contribution in [3.8, 4) is 0 Å². The molecule has 0 bridgehead atoms. The lowest BCUT2D eigenvalue weighted by Gasteiger charge is -2.12. The van der Waals surface area contributed by atoms with E-state index in [-0.39, 0.29) is 4.61 Å². The number of carbonyl (C=O) groups excluding carboxylic acids is 2. The third-order valence-electron chi connectivity index (χ3n) is 6.12. The van der Waals surface area contributed by atoms with Crippen molar-refractivity contribution >= 4 is 34.7 Å². The van der Waals surface area contributed by atoms with E-state index in [1.165, 1.54) is 116 Å². The largest absolute Gasteiger partial charge is 0.464 e. The Balaban J connectivity index is 3.22. The third kappa shape index (κ3) is 24.4. The molecule has 1 N–H and O–H groups in total. The van der Waals surface area contributed by atoms with Crippen molar-refractivity contribution < 1.29 is 19.1 Å². The van der Waals surface area contributed by atoms with Gasteiger partial charge in [0.25, 0.3) is 0 Å². The monoisotopic (exact) mass is 581 g/mol. The quantitative estimate of drug-likeness (QED) is 0.0535. The average Bonchev–Trinajstić information content (AvgIpc) is 2.80. The molecule has 0 fully saturated rings. The Kier molecular flexibility index (Phi) is 25.7. The Bertz CT molecular complexity index is 448. The molecule has 0 heterocycles. The van der Waals surface area contributed by atoms with Crippen molar-refractivity contribution in [2.75, 3.05) is 11.2 Å². The highest BCUT2D eigenvalue weighted by atomic mass is 127. The highest BCUT2D eigenvalue weighted by Crippen LogP contribution is 2.14. The van der Waals surface area contributed by atoms with Gasteiger partial charge >= 0.3 is 12.1 Å². The lowest BCUT2D eigenvalue weighted by molar-refractivity contribution is -0.145. The molecule has 0 aliphatic carbocycles. The first-order chi connectivity index (χ1) is 16.1. The maximum Gasteiger partial charge on any atom is 0.408 e. The summed E-state index contributed by atoms with van der Waals surface area (Å²) in [6.45, 7) is 4.31. The highest BCUT2D eigenvalue weighted by molar-refractivity contribution is 14.1. The first kappa shape index (κ1) is 32.5. The summed E-state index contributed by atoms with van der Waals surface area (Å²) in [6, 6.07) is -0.675. The summed E-state index contributed by atoms with van der Waals surface area (Å²) < 4.78 is 10.2. The maximum absolute atomic E-state index is 11.8. The molecule has 0 radical (unpaired) electrons. The summed E-state index contributed by atoms with van der Waals surface area (Å²) in [5.41, 5.74) is 0. The number of carbonyl (C=O) groups is 2. The normalized spacial score (nSPS) is 11.8. The van der Waals surface area contributed by atoms with Crippen molar-refractivity contribution in [3.63, 3.8) is 0 Å². The Morgan fingerprint density at radius 3 is 1.36 bits per heavy atom. The number of halogens is 1. The van der Waals surface area contributed by atoms with Gasteiger partial charge in [0.1, 0.15) is 10.7 Å². The van der Waals surface area contributed by atoms with Crippen LogP contribution in [-0.2, 0) is 14.3 Å². The Morgan fingerprint density at radius 1 is 0.636 bits per heavy atom. The van der Waals surface area contributed by atoms with E-state index >= 15 is 0 Å². The molecule has 0 aromatic carbocycles. The van der Waals surface area contributed by atoms with Crippen molar-refractivity contribution in [3.05, 3.63) is 0 Å². The van der Waals surface area contributed by atoms with Crippen LogP contribution >= 0.6 is 22.6 Å². The molecule has 5 nitrogen and oxygen atoms in total. The van der Waals surface area contributed by atoms with Gasteiger partial charge in [-0.25, -0.2) is 9.59 Å². The number of esters is 1. The summed E-state index contributed by atoms with van der Waals surface area (Å²) in [5.74, 6) is -0.404. The van der Waals surface area contributed by atoms with Gasteiger partial charge in [-0.2, -0.15) is 0 Å². The standard InChI is InChI=1S/C27H52INO4/c1-3-4-5-6-7-8-9-10-11-12-13-14-15-16-17-18-19-20-21-22-23-32-26(30)25(2)29-27(31)33-24-28/h25H,3-24H2,1-2H3,(H,29,31)/t25-/m0/s1. The summed E-state index contributed by atoms with van der Waals surface area (Å²) in [7, 11) is 0. The molecular formula is C27H52INO4. The molecule has 33 heavy (non-hydrogen) atoms. The van der Waals surface area contributed by atoms with Gasteiger partial charge in [0.2, 0.25) is 0 Å². The molecule has 1 amide bonds. The topological polar surface area (TPSA) is 64.6 Å². The van der Waals surface area contributed by atoms with E-state index in [9.17, 15) is 9.59 Å². The molecule has 0 aliphatic heterocycles. The summed E-state index contributed by atoms with van der Waals surface area (Å²) in [6.07, 6.45) is 26.4. The van der Waals surface area contributed by atoms with Gasteiger partial charge in [-0.15, -0.1) is 0 Å². The lowest BCUT2D eigenvalue weighted by Crippen LogP contribution is -2.39. The number of unbranched alkanes of at least 4 members (excludes halogenated alkanes) is 19. The number of alkyl carbamates (subject to hydrolysis) is 1. The van der Waals surface area contributed by atoms with Crippen LogP contribution in [0.4, 0.5) is 4.79 Å². The second-order valence-electron chi connectivity index (χ2n) is 9.29. The van der Waals surface area contributed by atoms with Crippen LogP contribution in [0.2, 0.25) is 0 Å². The molecule has 0 aromatic rings. The van der Waals surface area contributed by atoms with Crippen LogP contribution in [0.15, 0.2) is 0 Å². The van der Waals surface area contributed by atoms with Crippen LogP contribution in [-0.4, -0.2) is 29.3 Å². The molecule has 0 aliphatic rings. The molecule has 1 atom stereocenters. The van der Waals surface area contributed by atoms with E-state index in [0.717, 1.165) is 12.8 Å². The van der Waals surface area contributed by atoms with Crippen LogP contribution in [0.5, 0.6) is 0 Å². The Labute approximate surface area is 218 Å². The molecule has 0 spiro atoms. The zero-order valence-electron chi connectivity index (χ0n) is 21.6. The minimum atomic E-state index is -0.675. The predicted octanol–water partition coefficient (Wildman–Crippen LogP) is 8.86. The molecule has 0 rings (SSSR count). The second-order valence-corrected chi connectivity index (χ2v) is 9.91. The summed E-state index contributed by atoms with van der Waals surface area (Å²) in [4.78, 5) is 23.1. The first-order valence-corrected chi connectivity index (χ1v) is 15.3. The number of hydrogen-bond donors (Lipinski definition) is 1. The van der Waals surface area contributed by atoms with Crippen LogP contribution in [0.3, 0.4) is 0 Å². The maximum atomic E-state index is 11.8. The summed E-state index contributed by atoms with van der Waals surface area (Å²) >= 11 is 1.93. The smallest absolute Gasteiger partial charge is 0.408 e. The molecule has 0 saturated heterocycles. The van der Waals surface area contributed by atoms with E-state index in [1.807, 2.05) is 22.6 Å². The van der Waals surface area contributed by atoms with Crippen LogP contribution < -0.4 is 5.32 Å². The molecule has 0 saturated carbocycles. The van der Waals surface area contributed by atoms with E-state index in [0.29, 0.717) is 6.61 Å². The Hall–Kier alpha value is -0.530. The van der Waals surface area contributed by atoms with Crippen molar-refractivity contribution in [1.82, 2.24) is 5.32 Å². The molecule has 6 heteroatoms. The van der Waals surface area contributed by atoms with Gasteiger partial charge in [-0.1, -0.05) is 129 Å². The fraction of sp³-hybridized carbons (Fsp3) is 0.926. The van der Waals surface area contributed by atoms with Crippen molar-refractivity contribution in [1.29, 1.82) is 0 Å². The van der Waals surface area contributed by atoms with Crippen LogP contribution in [0, 0.1) is 0 Å². The number of nitrogens with one attached hydrogen (secondary N) is 1. The fourth-order valence-electron chi connectivity index (χ4n) is 3.98. The SMILES string of the molecule is CCCCCCCCCCCCCCCCCCCCCCOC(=O)[C@H](C)NC(=O)OCI. The van der Waals surface area contributed by atoms with Gasteiger partial charge in [0.05, 0.1) is 6.61 Å². The average molecular weight is 582 g/mol. The van der Waals surface area contributed by atoms with E-state index in [1.54, 1.807) is 6.92 Å². The van der Waals surface area contributed by atoms with Crippen LogP contribution in [0.1, 0.15) is 142 Å². The van der Waals surface area contributed by atoms with Gasteiger partial charge in [0.15, 0.2) is 0 Å². The van der Waals surface area contributed by atoms with Gasteiger partial charge < -0.3 is 14.8 Å². The molecule has 196 valence electrons. The van der Waals surface area contributed by atoms with Gasteiger partial charge in [-0.05, 0) is 35.9 Å². The number of alkyl halides is 1. The van der Waals surface area contributed by atoms with E-state index < -0.39 is 18.1 Å². The molecular weight excluding hydrogens is 529 g/mol. The van der Waals surface area contributed by atoms with Gasteiger partial charge in [-0.3, -0.25) is 0 Å². The number of amides is 1. The third-order valence-corrected chi connectivity index (χ3v) is 6.43. The van der Waals surface area contributed by atoms with Crippen molar-refractivity contribution in [2.24, 2.45) is 0 Å². The highest BCUT2D eigenvalue weighted by Gasteiger charge is 2.17. The lowest BCUT2D eigenvalue weighted by atomic mass is 10.0. The molecule has 0 unspecified atom stereocenters. The first-order valence-electron chi connectivity index (χ1n) is 13.8. The number of ether oxygens (including phenoxy) is 2. The fourth-order valence-corrected chi connectivity index (χ4v) is 4.26. The zero-order chi connectivity index (χ0) is 24.4. The van der Waals surface area contributed by atoms with Crippen molar-refractivity contribution in [2.45, 2.75) is 148 Å². The van der Waals surface area contributed by atoms with Gasteiger partial charge in [0, 0.05) is 0 Å². The zero-order valence-corrected chi connectivity index (χ0v) is 23.8. The molecule has 0 aromatic heterocycles. The second kappa shape index (κ2) is 26.1. The Morgan fingerprint density at radius 2 is 1.00 bits per heavy atom. The summed E-state index contributed by atoms with van der Waals surface area (Å²) in [5, 5.41) is 2.45. The number of hydrogen-bond acceptors (Lipinski definition) is 4. The van der Waals surface area contributed by atoms with Crippen LogP contribution in [0.25, 0.3) is 0 Å². The van der Waals surface area contributed by atoms with E-state index in [4.69, 9.17) is 9.47 Å². The number of rotatable bonds is 24. The minimum Gasteiger partial charge on any atom is -0.464 e. The minimum absolute atomic E-state index is 0.255. The predicted molar refractivity (Wildman–Crippen MR) is 147 cm³/mol.